The molecule has 104 valence electrons. The molecule has 0 amide bonds. The van der Waals surface area contributed by atoms with Gasteiger partial charge in [0.15, 0.2) is 5.78 Å². The van der Waals surface area contributed by atoms with Crippen LogP contribution >= 0.6 is 23.2 Å². The maximum Gasteiger partial charge on any atom is 0.178 e. The molecular weight excluding hydrogens is 285 g/mol. The highest BCUT2D eigenvalue weighted by Crippen LogP contribution is 2.23. The van der Waals surface area contributed by atoms with Gasteiger partial charge in [0.2, 0.25) is 0 Å². The maximum absolute atomic E-state index is 12.2. The van der Waals surface area contributed by atoms with Crippen molar-refractivity contribution >= 4 is 29.0 Å². The summed E-state index contributed by atoms with van der Waals surface area (Å²) in [5, 5.41) is 10.5. The first-order chi connectivity index (χ1) is 8.97. The number of aliphatic hydroxyl groups is 1. The number of rotatable bonds is 4. The van der Waals surface area contributed by atoms with Crippen LogP contribution in [0.25, 0.3) is 0 Å². The molecule has 0 saturated carbocycles. The van der Waals surface area contributed by atoms with Crippen molar-refractivity contribution in [2.75, 3.05) is 19.6 Å². The molecule has 2 atom stereocenters. The summed E-state index contributed by atoms with van der Waals surface area (Å²) in [5.41, 5.74) is 0.467. The van der Waals surface area contributed by atoms with E-state index in [0.717, 1.165) is 19.5 Å². The number of likely N-dealkylation sites (tertiary alicyclic amines) is 1. The number of benzene rings is 1. The Morgan fingerprint density at radius 3 is 2.89 bits per heavy atom. The van der Waals surface area contributed by atoms with E-state index in [9.17, 15) is 9.90 Å². The Balaban J connectivity index is 2.00. The number of carbonyl (C=O) groups excluding carboxylic acids is 1. The summed E-state index contributed by atoms with van der Waals surface area (Å²) in [5.74, 6) is 0.223. The summed E-state index contributed by atoms with van der Waals surface area (Å²) in [7, 11) is 0. The van der Waals surface area contributed by atoms with Gasteiger partial charge in [-0.1, -0.05) is 23.2 Å². The molecule has 1 aromatic rings. The fourth-order valence-corrected chi connectivity index (χ4v) is 2.79. The second-order valence-corrected chi connectivity index (χ2v) is 5.92. The van der Waals surface area contributed by atoms with Crippen LogP contribution < -0.4 is 0 Å². The summed E-state index contributed by atoms with van der Waals surface area (Å²) in [6.07, 6.45) is 0.601. The molecule has 2 rings (SSSR count). The zero-order chi connectivity index (χ0) is 14.0. The van der Waals surface area contributed by atoms with Crippen LogP contribution in [-0.4, -0.2) is 41.5 Å². The molecule has 0 aliphatic carbocycles. The molecule has 1 N–H and O–H groups in total. The molecule has 1 heterocycles. The third-order valence-electron chi connectivity index (χ3n) is 3.59. The van der Waals surface area contributed by atoms with E-state index < -0.39 is 0 Å². The second kappa shape index (κ2) is 6.23. The Labute approximate surface area is 123 Å². The van der Waals surface area contributed by atoms with Crippen molar-refractivity contribution in [3.05, 3.63) is 33.8 Å². The molecule has 1 aliphatic heterocycles. The van der Waals surface area contributed by atoms with Crippen LogP contribution in [0.4, 0.5) is 0 Å². The van der Waals surface area contributed by atoms with Crippen LogP contribution in [0.5, 0.6) is 0 Å². The Morgan fingerprint density at radius 1 is 1.53 bits per heavy atom. The topological polar surface area (TPSA) is 40.5 Å². The number of hydrogen-bond acceptors (Lipinski definition) is 3. The second-order valence-electron chi connectivity index (χ2n) is 5.07. The molecule has 3 nitrogen and oxygen atoms in total. The summed E-state index contributed by atoms with van der Waals surface area (Å²) in [6, 6.07) is 4.91. The van der Waals surface area contributed by atoms with E-state index in [4.69, 9.17) is 23.2 Å². The number of aliphatic hydroxyl groups excluding tert-OH is 1. The summed E-state index contributed by atoms with van der Waals surface area (Å²) in [6.45, 7) is 3.70. The van der Waals surface area contributed by atoms with Gasteiger partial charge in [-0.15, -0.1) is 0 Å². The third kappa shape index (κ3) is 3.69. The van der Waals surface area contributed by atoms with Gasteiger partial charge in [-0.3, -0.25) is 9.69 Å². The summed E-state index contributed by atoms with van der Waals surface area (Å²) < 4.78 is 0. The molecule has 0 aromatic heterocycles. The van der Waals surface area contributed by atoms with E-state index in [1.165, 1.54) is 0 Å². The van der Waals surface area contributed by atoms with Crippen molar-refractivity contribution in [1.82, 2.24) is 4.90 Å². The van der Waals surface area contributed by atoms with Gasteiger partial charge in [0.25, 0.3) is 0 Å². The zero-order valence-electron chi connectivity index (χ0n) is 10.8. The molecule has 0 bridgehead atoms. The van der Waals surface area contributed by atoms with E-state index in [1.807, 2.05) is 0 Å². The number of Topliss-reactive ketones (excluding diaryl/α,β-unsaturated/α-hetero) is 1. The number of halogens is 2. The Morgan fingerprint density at radius 2 is 2.26 bits per heavy atom. The highest BCUT2D eigenvalue weighted by Gasteiger charge is 2.27. The van der Waals surface area contributed by atoms with Gasteiger partial charge < -0.3 is 5.11 Å². The number of hydrogen-bond donors (Lipinski definition) is 1. The van der Waals surface area contributed by atoms with Crippen LogP contribution in [0, 0.1) is 5.92 Å². The first kappa shape index (κ1) is 14.8. The van der Waals surface area contributed by atoms with E-state index in [2.05, 4.69) is 4.90 Å². The fraction of sp³-hybridized carbons (Fsp3) is 0.500. The van der Waals surface area contributed by atoms with Gasteiger partial charge in [0.05, 0.1) is 17.7 Å². The lowest BCUT2D eigenvalue weighted by Crippen LogP contribution is -2.29. The minimum atomic E-state index is -0.324. The van der Waals surface area contributed by atoms with Crippen LogP contribution in [-0.2, 0) is 0 Å². The smallest absolute Gasteiger partial charge is 0.178 e. The highest BCUT2D eigenvalue weighted by molar-refractivity contribution is 6.36. The van der Waals surface area contributed by atoms with Gasteiger partial charge in [0.1, 0.15) is 0 Å². The SMILES string of the molecule is CC(O)C1CCN(CC(=O)c2cc(Cl)ccc2Cl)C1. The number of carbonyl (C=O) groups is 1. The molecule has 2 unspecified atom stereocenters. The highest BCUT2D eigenvalue weighted by atomic mass is 35.5. The number of ketones is 1. The Bertz CT molecular complexity index is 477. The Hall–Kier alpha value is -0.610. The lowest BCUT2D eigenvalue weighted by atomic mass is 10.0. The van der Waals surface area contributed by atoms with Crippen LogP contribution in [0.2, 0.25) is 10.0 Å². The normalized spacial score (nSPS) is 21.6. The zero-order valence-corrected chi connectivity index (χ0v) is 12.3. The van der Waals surface area contributed by atoms with Gasteiger partial charge in [-0.05, 0) is 44.0 Å². The largest absolute Gasteiger partial charge is 0.393 e. The van der Waals surface area contributed by atoms with Crippen LogP contribution in [0.3, 0.4) is 0 Å². The predicted molar refractivity (Wildman–Crippen MR) is 77.0 cm³/mol. The minimum Gasteiger partial charge on any atom is -0.393 e. The molecule has 19 heavy (non-hydrogen) atoms. The van der Waals surface area contributed by atoms with Gasteiger partial charge in [-0.25, -0.2) is 0 Å². The quantitative estimate of drug-likeness (QED) is 0.870. The summed E-state index contributed by atoms with van der Waals surface area (Å²) >= 11 is 11.9. The van der Waals surface area contributed by atoms with Gasteiger partial charge in [-0.2, -0.15) is 0 Å². The van der Waals surface area contributed by atoms with Crippen molar-refractivity contribution in [3.8, 4) is 0 Å². The monoisotopic (exact) mass is 301 g/mol. The molecule has 0 radical (unpaired) electrons. The van der Waals surface area contributed by atoms with Crippen molar-refractivity contribution in [2.24, 2.45) is 5.92 Å². The van der Waals surface area contributed by atoms with Crippen LogP contribution in [0.1, 0.15) is 23.7 Å². The van der Waals surface area contributed by atoms with Crippen LogP contribution in [0.15, 0.2) is 18.2 Å². The standard InChI is InChI=1S/C14H17Cl2NO2/c1-9(18)10-4-5-17(7-10)8-14(19)12-6-11(15)2-3-13(12)16/h2-3,6,9-10,18H,4-5,7-8H2,1H3. The fourth-order valence-electron chi connectivity index (χ4n) is 2.40. The molecule has 1 saturated heterocycles. The average molecular weight is 302 g/mol. The molecule has 1 aromatic carbocycles. The number of nitrogens with zero attached hydrogens (tertiary/aromatic N) is 1. The maximum atomic E-state index is 12.2. The third-order valence-corrected chi connectivity index (χ3v) is 4.15. The molecular formula is C14H17Cl2NO2. The van der Waals surface area contributed by atoms with E-state index in [1.54, 1.807) is 25.1 Å². The van der Waals surface area contributed by atoms with Crippen molar-refractivity contribution in [3.63, 3.8) is 0 Å². The lowest BCUT2D eigenvalue weighted by Gasteiger charge is -2.17. The van der Waals surface area contributed by atoms with E-state index in [0.29, 0.717) is 22.2 Å². The first-order valence-electron chi connectivity index (χ1n) is 6.36. The molecule has 1 aliphatic rings. The van der Waals surface area contributed by atoms with Crippen molar-refractivity contribution in [1.29, 1.82) is 0 Å². The Kier molecular flexibility index (Phi) is 4.85. The van der Waals surface area contributed by atoms with Crippen molar-refractivity contribution in [2.45, 2.75) is 19.4 Å². The van der Waals surface area contributed by atoms with Gasteiger partial charge in [0, 0.05) is 17.1 Å². The first-order valence-corrected chi connectivity index (χ1v) is 7.11. The molecule has 0 spiro atoms. The lowest BCUT2D eigenvalue weighted by molar-refractivity contribution is 0.0925. The van der Waals surface area contributed by atoms with Crippen molar-refractivity contribution < 1.29 is 9.90 Å². The minimum absolute atomic E-state index is 0.0289. The summed E-state index contributed by atoms with van der Waals surface area (Å²) in [4.78, 5) is 14.3. The van der Waals surface area contributed by atoms with Gasteiger partial charge >= 0.3 is 0 Å². The van der Waals surface area contributed by atoms with E-state index in [-0.39, 0.29) is 17.8 Å². The van der Waals surface area contributed by atoms with E-state index >= 15 is 0 Å². The predicted octanol–water partition coefficient (Wildman–Crippen LogP) is 2.88. The average Bonchev–Trinajstić information content (AvgIpc) is 2.80. The molecule has 5 heteroatoms. The molecule has 1 fully saturated rings.